The van der Waals surface area contributed by atoms with E-state index in [9.17, 15) is 18.0 Å². The van der Waals surface area contributed by atoms with E-state index in [1.807, 2.05) is 36.4 Å². The Kier molecular flexibility index (Phi) is 6.72. The number of amides is 1. The zero-order valence-electron chi connectivity index (χ0n) is 17.5. The van der Waals surface area contributed by atoms with Crippen LogP contribution in [0.25, 0.3) is 10.8 Å². The molecule has 1 unspecified atom stereocenters. The van der Waals surface area contributed by atoms with Gasteiger partial charge >= 0.3 is 5.97 Å². The molecule has 1 amide bonds. The summed E-state index contributed by atoms with van der Waals surface area (Å²) in [5, 5.41) is 4.64. The molecule has 7 nitrogen and oxygen atoms in total. The molecule has 3 aromatic carbocycles. The van der Waals surface area contributed by atoms with Gasteiger partial charge in [-0.25, -0.2) is 17.9 Å². The van der Waals surface area contributed by atoms with Gasteiger partial charge in [0.1, 0.15) is 0 Å². The predicted molar refractivity (Wildman–Crippen MR) is 119 cm³/mol. The van der Waals surface area contributed by atoms with Crippen molar-refractivity contribution in [2.24, 2.45) is 0 Å². The van der Waals surface area contributed by atoms with Crippen molar-refractivity contribution < 1.29 is 22.7 Å². The molecule has 0 aliphatic heterocycles. The fraction of sp³-hybridized carbons (Fsp3) is 0.217. The van der Waals surface area contributed by atoms with E-state index in [1.165, 1.54) is 31.2 Å². The van der Waals surface area contributed by atoms with E-state index in [-0.39, 0.29) is 16.5 Å². The zero-order chi connectivity index (χ0) is 22.6. The highest BCUT2D eigenvalue weighted by molar-refractivity contribution is 7.89. The molecule has 8 heteroatoms. The van der Waals surface area contributed by atoms with Crippen LogP contribution in [0.2, 0.25) is 0 Å². The van der Waals surface area contributed by atoms with E-state index >= 15 is 0 Å². The minimum atomic E-state index is -3.66. The quantitative estimate of drug-likeness (QED) is 0.546. The van der Waals surface area contributed by atoms with Crippen LogP contribution in [0.1, 0.15) is 31.1 Å². The Morgan fingerprint density at radius 2 is 1.52 bits per heavy atom. The number of benzene rings is 3. The Hall–Kier alpha value is -3.23. The number of sulfonamides is 1. The number of nitrogens with one attached hydrogen (secondary N) is 2. The van der Waals surface area contributed by atoms with Crippen molar-refractivity contribution in [1.82, 2.24) is 4.72 Å². The normalized spacial score (nSPS) is 12.5. The summed E-state index contributed by atoms with van der Waals surface area (Å²) in [7, 11) is -3.66. The van der Waals surface area contributed by atoms with Crippen molar-refractivity contribution in [2.45, 2.75) is 37.8 Å². The maximum Gasteiger partial charge on any atom is 0.338 e. The van der Waals surface area contributed by atoms with Crippen molar-refractivity contribution in [3.05, 3.63) is 72.3 Å². The lowest BCUT2D eigenvalue weighted by atomic mass is 10.1. The summed E-state index contributed by atoms with van der Waals surface area (Å²) < 4.78 is 32.1. The van der Waals surface area contributed by atoms with Gasteiger partial charge in [-0.3, -0.25) is 4.79 Å². The van der Waals surface area contributed by atoms with Crippen LogP contribution in [0.5, 0.6) is 0 Å². The third kappa shape index (κ3) is 5.48. The minimum Gasteiger partial charge on any atom is -0.449 e. The van der Waals surface area contributed by atoms with Gasteiger partial charge in [-0.1, -0.05) is 36.4 Å². The first kappa shape index (κ1) is 22.5. The largest absolute Gasteiger partial charge is 0.449 e. The van der Waals surface area contributed by atoms with Crippen molar-refractivity contribution in [3.8, 4) is 0 Å². The predicted octanol–water partition coefficient (Wildman–Crippen LogP) is 3.71. The molecule has 0 bridgehead atoms. The molecular weight excluding hydrogens is 416 g/mol. The number of ether oxygens (including phenoxy) is 1. The molecule has 162 valence electrons. The first-order valence-corrected chi connectivity index (χ1v) is 11.3. The molecule has 2 N–H and O–H groups in total. The lowest BCUT2D eigenvalue weighted by Crippen LogP contribution is -2.30. The SMILES string of the molecule is CC(C)NS(=O)(=O)c1ccc(C(=O)OC(C)C(=O)Nc2cccc3ccccc23)cc1. The fourth-order valence-electron chi connectivity index (χ4n) is 3.00. The lowest BCUT2D eigenvalue weighted by molar-refractivity contribution is -0.123. The van der Waals surface area contributed by atoms with Crippen LogP contribution in [-0.4, -0.2) is 32.4 Å². The zero-order valence-corrected chi connectivity index (χ0v) is 18.3. The summed E-state index contributed by atoms with van der Waals surface area (Å²) in [5.41, 5.74) is 0.770. The van der Waals surface area contributed by atoms with E-state index in [2.05, 4.69) is 10.0 Å². The van der Waals surface area contributed by atoms with Gasteiger partial charge in [0.05, 0.1) is 10.5 Å². The van der Waals surface area contributed by atoms with Gasteiger partial charge in [0, 0.05) is 17.1 Å². The number of rotatable bonds is 7. The number of anilines is 1. The molecule has 0 radical (unpaired) electrons. The molecule has 0 aliphatic rings. The number of fused-ring (bicyclic) bond motifs is 1. The van der Waals surface area contributed by atoms with Crippen LogP contribution < -0.4 is 10.0 Å². The van der Waals surface area contributed by atoms with Crippen LogP contribution in [0.15, 0.2) is 71.6 Å². The van der Waals surface area contributed by atoms with Crippen LogP contribution in [0.3, 0.4) is 0 Å². The molecular formula is C23H24N2O5S. The summed E-state index contributed by atoms with van der Waals surface area (Å²) in [5.74, 6) is -1.19. The van der Waals surface area contributed by atoms with Gasteiger partial charge in [0.2, 0.25) is 10.0 Å². The van der Waals surface area contributed by atoms with Crippen molar-refractivity contribution >= 4 is 38.4 Å². The third-order valence-corrected chi connectivity index (χ3v) is 6.17. The number of carbonyl (C=O) groups is 2. The molecule has 0 spiro atoms. The van der Waals surface area contributed by atoms with Gasteiger partial charge in [0.15, 0.2) is 6.10 Å². The second-order valence-corrected chi connectivity index (χ2v) is 9.08. The minimum absolute atomic E-state index is 0.0412. The average molecular weight is 441 g/mol. The fourth-order valence-corrected chi connectivity index (χ4v) is 4.25. The number of hydrogen-bond donors (Lipinski definition) is 2. The van der Waals surface area contributed by atoms with Gasteiger partial charge in [0.25, 0.3) is 5.91 Å². The van der Waals surface area contributed by atoms with Gasteiger partial charge in [-0.2, -0.15) is 0 Å². The molecule has 0 fully saturated rings. The molecule has 0 aliphatic carbocycles. The molecule has 3 aromatic rings. The Morgan fingerprint density at radius 3 is 2.19 bits per heavy atom. The van der Waals surface area contributed by atoms with Crippen LogP contribution in [0.4, 0.5) is 5.69 Å². The van der Waals surface area contributed by atoms with Gasteiger partial charge in [-0.05, 0) is 56.5 Å². The molecule has 0 heterocycles. The van der Waals surface area contributed by atoms with Crippen molar-refractivity contribution in [1.29, 1.82) is 0 Å². The average Bonchev–Trinajstić information content (AvgIpc) is 2.73. The van der Waals surface area contributed by atoms with Crippen molar-refractivity contribution in [2.75, 3.05) is 5.32 Å². The topological polar surface area (TPSA) is 102 Å². The summed E-state index contributed by atoms with van der Waals surface area (Å²) in [6.07, 6.45) is -1.04. The Morgan fingerprint density at radius 1 is 0.871 bits per heavy atom. The third-order valence-electron chi connectivity index (χ3n) is 4.49. The Balaban J connectivity index is 1.66. The monoisotopic (exact) mass is 440 g/mol. The van der Waals surface area contributed by atoms with E-state index in [1.54, 1.807) is 19.9 Å². The van der Waals surface area contributed by atoms with Gasteiger partial charge in [-0.15, -0.1) is 0 Å². The van der Waals surface area contributed by atoms with Crippen molar-refractivity contribution in [3.63, 3.8) is 0 Å². The van der Waals surface area contributed by atoms with E-state index < -0.39 is 28.0 Å². The number of carbonyl (C=O) groups excluding carboxylic acids is 2. The summed E-state index contributed by atoms with van der Waals surface area (Å²) >= 11 is 0. The van der Waals surface area contributed by atoms with Crippen LogP contribution in [0, 0.1) is 0 Å². The first-order valence-electron chi connectivity index (χ1n) is 9.79. The lowest BCUT2D eigenvalue weighted by Gasteiger charge is -2.15. The molecule has 0 saturated heterocycles. The van der Waals surface area contributed by atoms with Gasteiger partial charge < -0.3 is 10.1 Å². The maximum atomic E-state index is 12.5. The molecule has 3 rings (SSSR count). The highest BCUT2D eigenvalue weighted by Crippen LogP contribution is 2.23. The highest BCUT2D eigenvalue weighted by atomic mass is 32.2. The van der Waals surface area contributed by atoms with E-state index in [0.717, 1.165) is 10.8 Å². The second-order valence-electron chi connectivity index (χ2n) is 7.36. The molecule has 31 heavy (non-hydrogen) atoms. The summed E-state index contributed by atoms with van der Waals surface area (Å²) in [6.45, 7) is 4.91. The number of hydrogen-bond acceptors (Lipinski definition) is 5. The molecule has 1 atom stereocenters. The summed E-state index contributed by atoms with van der Waals surface area (Å²) in [6, 6.07) is 18.3. The Bertz CT molecular complexity index is 1200. The maximum absolute atomic E-state index is 12.5. The standard InChI is InChI=1S/C23H24N2O5S/c1-15(2)25-31(28,29)19-13-11-18(12-14-19)23(27)30-16(3)22(26)24-21-10-6-8-17-7-4-5-9-20(17)21/h4-16,25H,1-3H3,(H,24,26). The molecule has 0 saturated carbocycles. The number of esters is 1. The van der Waals surface area contributed by atoms with Crippen LogP contribution >= 0.6 is 0 Å². The summed E-state index contributed by atoms with van der Waals surface area (Å²) in [4.78, 5) is 25.0. The highest BCUT2D eigenvalue weighted by Gasteiger charge is 2.21. The first-order chi connectivity index (χ1) is 14.7. The Labute approximate surface area is 181 Å². The smallest absolute Gasteiger partial charge is 0.338 e. The van der Waals surface area contributed by atoms with E-state index in [0.29, 0.717) is 5.69 Å². The second kappa shape index (κ2) is 9.28. The molecule has 0 aromatic heterocycles. The van der Waals surface area contributed by atoms with E-state index in [4.69, 9.17) is 4.74 Å². The van der Waals surface area contributed by atoms with Crippen LogP contribution in [-0.2, 0) is 19.6 Å².